The zero-order valence-corrected chi connectivity index (χ0v) is 13.3. The molecule has 1 heteroatoms. The normalized spacial score (nSPS) is 17.4. The minimum atomic E-state index is 0.534. The molecular weight excluding hydrogens is 242 g/mol. The zero-order chi connectivity index (χ0) is 15.1. The molecule has 0 spiro atoms. The smallest absolute Gasteiger partial charge is 0.0442 e. The summed E-state index contributed by atoms with van der Waals surface area (Å²) in [6.45, 7) is 18.5. The van der Waals surface area contributed by atoms with E-state index < -0.39 is 0 Å². The molecule has 0 amide bonds. The number of hydrogen-bond acceptors (Lipinski definition) is 1. The number of rotatable bonds is 6. The van der Waals surface area contributed by atoms with Gasteiger partial charge in [0.2, 0.25) is 0 Å². The Kier molecular flexibility index (Phi) is 6.30. The van der Waals surface area contributed by atoms with E-state index in [0.29, 0.717) is 5.92 Å². The van der Waals surface area contributed by atoms with Crippen LogP contribution < -0.4 is 0 Å². The molecule has 0 saturated carbocycles. The summed E-state index contributed by atoms with van der Waals surface area (Å²) in [5, 5.41) is 0. The topological polar surface area (TPSA) is 3.24 Å². The molecule has 0 bridgehead atoms. The summed E-state index contributed by atoms with van der Waals surface area (Å²) in [6, 6.07) is 0. The van der Waals surface area contributed by atoms with E-state index in [2.05, 4.69) is 70.1 Å². The van der Waals surface area contributed by atoms with Crippen LogP contribution >= 0.6 is 0 Å². The van der Waals surface area contributed by atoms with E-state index in [4.69, 9.17) is 0 Å². The number of nitrogens with zero attached hydrogens (tertiary/aromatic N) is 1. The molecule has 1 aliphatic heterocycles. The molecule has 0 atom stereocenters. The third kappa shape index (κ3) is 3.63. The van der Waals surface area contributed by atoms with Crippen molar-refractivity contribution in [3.63, 3.8) is 0 Å². The van der Waals surface area contributed by atoms with Gasteiger partial charge in [0.1, 0.15) is 0 Å². The Morgan fingerprint density at radius 2 is 2.05 bits per heavy atom. The summed E-state index contributed by atoms with van der Waals surface area (Å²) >= 11 is 0. The second-order valence-electron chi connectivity index (χ2n) is 5.28. The fraction of sp³-hybridized carbons (Fsp3) is 0.368. The van der Waals surface area contributed by atoms with Gasteiger partial charge in [-0.1, -0.05) is 63.5 Å². The highest BCUT2D eigenvalue weighted by Crippen LogP contribution is 2.34. The molecule has 1 heterocycles. The van der Waals surface area contributed by atoms with E-state index in [9.17, 15) is 0 Å². The van der Waals surface area contributed by atoms with Crippen molar-refractivity contribution < 1.29 is 0 Å². The molecule has 20 heavy (non-hydrogen) atoms. The first-order valence-corrected chi connectivity index (χ1v) is 7.31. The molecule has 108 valence electrons. The number of allylic oxidation sites excluding steroid dienone is 5. The van der Waals surface area contributed by atoms with Gasteiger partial charge >= 0.3 is 0 Å². The van der Waals surface area contributed by atoms with Gasteiger partial charge in [-0.25, -0.2) is 0 Å². The molecule has 1 rings (SSSR count). The Hall–Kier alpha value is -1.76. The first kappa shape index (κ1) is 16.3. The first-order valence-electron chi connectivity index (χ1n) is 7.31. The maximum absolute atomic E-state index is 4.27. The van der Waals surface area contributed by atoms with Gasteiger partial charge in [-0.15, -0.1) is 0 Å². The van der Waals surface area contributed by atoms with Crippen LogP contribution in [0.5, 0.6) is 0 Å². The summed E-state index contributed by atoms with van der Waals surface area (Å²) in [7, 11) is 0. The lowest BCUT2D eigenvalue weighted by atomic mass is 9.92. The second-order valence-corrected chi connectivity index (χ2v) is 5.28. The lowest BCUT2D eigenvalue weighted by Gasteiger charge is -2.19. The maximum atomic E-state index is 4.27. The summed E-state index contributed by atoms with van der Waals surface area (Å²) in [4.78, 5) is 2.32. The fourth-order valence-corrected chi connectivity index (χ4v) is 2.64. The van der Waals surface area contributed by atoms with Gasteiger partial charge in [-0.2, -0.15) is 0 Å². The van der Waals surface area contributed by atoms with Crippen LogP contribution in [0.15, 0.2) is 72.0 Å². The molecule has 1 nitrogen and oxygen atoms in total. The van der Waals surface area contributed by atoms with E-state index in [1.165, 1.54) is 16.7 Å². The molecular formula is C19H27N. The van der Waals surface area contributed by atoms with Crippen molar-refractivity contribution in [1.82, 2.24) is 4.90 Å². The van der Waals surface area contributed by atoms with Gasteiger partial charge in [0.05, 0.1) is 0 Å². The van der Waals surface area contributed by atoms with Crippen LogP contribution in [0.1, 0.15) is 27.7 Å². The van der Waals surface area contributed by atoms with Crippen molar-refractivity contribution >= 4 is 0 Å². The second kappa shape index (κ2) is 7.74. The lowest BCUT2D eigenvalue weighted by molar-refractivity contribution is 0.445. The zero-order valence-electron chi connectivity index (χ0n) is 13.3. The SMILES string of the molecule is C=C/C=C\CN1CC(C(=C/C)/C(C)C)=C(/C=C\C)C1=C. The Bertz CT molecular complexity index is 484. The molecule has 0 N–H and O–H groups in total. The van der Waals surface area contributed by atoms with Crippen molar-refractivity contribution in [2.45, 2.75) is 27.7 Å². The Morgan fingerprint density at radius 1 is 1.35 bits per heavy atom. The van der Waals surface area contributed by atoms with Gasteiger partial charge < -0.3 is 4.90 Å². The van der Waals surface area contributed by atoms with Crippen LogP contribution in [-0.2, 0) is 0 Å². The standard InChI is InChI=1S/C19H27N/c1-7-10-11-13-20-14-19(17(9-3)15(4)5)18(12-8-2)16(20)6/h7-12,15H,1,6,13-14H2,2-5H3/b11-10-,12-8-,17-9+. The maximum Gasteiger partial charge on any atom is 0.0442 e. The fourth-order valence-electron chi connectivity index (χ4n) is 2.64. The van der Waals surface area contributed by atoms with Gasteiger partial charge in [-0.05, 0) is 30.9 Å². The van der Waals surface area contributed by atoms with Gasteiger partial charge in [0.15, 0.2) is 0 Å². The molecule has 1 aliphatic rings. The van der Waals surface area contributed by atoms with Gasteiger partial charge in [-0.3, -0.25) is 0 Å². The minimum absolute atomic E-state index is 0.534. The Balaban J connectivity index is 3.08. The van der Waals surface area contributed by atoms with Crippen LogP contribution in [0.3, 0.4) is 0 Å². The lowest BCUT2D eigenvalue weighted by Crippen LogP contribution is -2.20. The van der Waals surface area contributed by atoms with Gasteiger partial charge in [0.25, 0.3) is 0 Å². The van der Waals surface area contributed by atoms with E-state index in [1.54, 1.807) is 0 Å². The van der Waals surface area contributed by atoms with Crippen LogP contribution in [-0.4, -0.2) is 18.0 Å². The first-order chi connectivity index (χ1) is 9.56. The van der Waals surface area contributed by atoms with Crippen molar-refractivity contribution in [3.8, 4) is 0 Å². The summed E-state index contributed by atoms with van der Waals surface area (Å²) in [5.41, 5.74) is 5.24. The Labute approximate surface area is 124 Å². The third-order valence-electron chi connectivity index (χ3n) is 3.58. The predicted octanol–water partition coefficient (Wildman–Crippen LogP) is 5.03. The van der Waals surface area contributed by atoms with Crippen molar-refractivity contribution in [1.29, 1.82) is 0 Å². The summed E-state index contributed by atoms with van der Waals surface area (Å²) in [5.74, 6) is 0.534. The molecule has 0 aromatic carbocycles. The van der Waals surface area contributed by atoms with Crippen LogP contribution in [0, 0.1) is 5.92 Å². The quantitative estimate of drug-likeness (QED) is 0.611. The molecule has 0 aromatic rings. The van der Waals surface area contributed by atoms with Gasteiger partial charge in [0, 0.05) is 24.4 Å². The monoisotopic (exact) mass is 269 g/mol. The average molecular weight is 269 g/mol. The largest absolute Gasteiger partial charge is 0.363 e. The third-order valence-corrected chi connectivity index (χ3v) is 3.58. The highest BCUT2D eigenvalue weighted by molar-refractivity contribution is 5.54. The van der Waals surface area contributed by atoms with Crippen molar-refractivity contribution in [3.05, 3.63) is 72.0 Å². The van der Waals surface area contributed by atoms with Crippen LogP contribution in [0.2, 0.25) is 0 Å². The van der Waals surface area contributed by atoms with E-state index in [1.807, 2.05) is 12.2 Å². The molecule has 0 radical (unpaired) electrons. The summed E-state index contributed by atoms with van der Waals surface area (Å²) < 4.78 is 0. The minimum Gasteiger partial charge on any atom is -0.363 e. The molecule has 0 saturated heterocycles. The average Bonchev–Trinajstić information content (AvgIpc) is 2.69. The van der Waals surface area contributed by atoms with E-state index >= 15 is 0 Å². The van der Waals surface area contributed by atoms with Crippen LogP contribution in [0.4, 0.5) is 0 Å². The molecule has 0 aromatic heterocycles. The molecule has 0 aliphatic carbocycles. The highest BCUT2D eigenvalue weighted by Gasteiger charge is 2.25. The Morgan fingerprint density at radius 3 is 2.55 bits per heavy atom. The van der Waals surface area contributed by atoms with E-state index in [-0.39, 0.29) is 0 Å². The predicted molar refractivity (Wildman–Crippen MR) is 90.5 cm³/mol. The van der Waals surface area contributed by atoms with Crippen molar-refractivity contribution in [2.75, 3.05) is 13.1 Å². The molecule has 0 unspecified atom stereocenters. The highest BCUT2D eigenvalue weighted by atomic mass is 15.1. The van der Waals surface area contributed by atoms with Crippen molar-refractivity contribution in [2.24, 2.45) is 5.92 Å². The number of hydrogen-bond donors (Lipinski definition) is 0. The van der Waals surface area contributed by atoms with E-state index in [0.717, 1.165) is 18.8 Å². The molecule has 0 fully saturated rings. The van der Waals surface area contributed by atoms with Crippen LogP contribution in [0.25, 0.3) is 0 Å². The summed E-state index contributed by atoms with van der Waals surface area (Å²) in [6.07, 6.45) is 12.4.